The molecule has 1 heterocycles. The van der Waals surface area contributed by atoms with Gasteiger partial charge in [-0.3, -0.25) is 9.69 Å². The third kappa shape index (κ3) is 5.83. The lowest BCUT2D eigenvalue weighted by Gasteiger charge is -2.29. The number of amides is 1. The highest BCUT2D eigenvalue weighted by Crippen LogP contribution is 2.37. The molecular weight excluding hydrogens is 707 g/mol. The van der Waals surface area contributed by atoms with Crippen molar-refractivity contribution in [2.24, 2.45) is 0 Å². The standard InChI is InChI=1S/C23H21F3I2N4O2S/c1-22(2)20(34)32(15-4-3-14(12-29)16(11-15)23(24,25)26)21(35)31(22)8-7-30-6-5-13-9-17(27)19(33)18(28)10-13/h3-4,9-11,30,33H,5-8H2,1-2H3. The second-order valence-electron chi connectivity index (χ2n) is 8.38. The van der Waals surface area contributed by atoms with Crippen LogP contribution in [0.15, 0.2) is 30.3 Å². The number of anilines is 1. The van der Waals surface area contributed by atoms with Gasteiger partial charge in [0.1, 0.15) is 11.3 Å². The Morgan fingerprint density at radius 1 is 1.17 bits per heavy atom. The second kappa shape index (κ2) is 10.7. The Morgan fingerprint density at radius 2 is 1.80 bits per heavy atom. The predicted molar refractivity (Wildman–Crippen MR) is 147 cm³/mol. The molecule has 2 aromatic carbocycles. The number of alkyl halides is 3. The van der Waals surface area contributed by atoms with Gasteiger partial charge in [-0.2, -0.15) is 18.4 Å². The maximum absolute atomic E-state index is 13.4. The smallest absolute Gasteiger partial charge is 0.417 e. The molecule has 0 aromatic heterocycles. The van der Waals surface area contributed by atoms with Crippen LogP contribution in [0.1, 0.15) is 30.5 Å². The van der Waals surface area contributed by atoms with Crippen molar-refractivity contribution in [3.05, 3.63) is 54.2 Å². The number of phenolic OH excluding ortho intramolecular Hbond substituents is 1. The average molecular weight is 728 g/mol. The Morgan fingerprint density at radius 3 is 2.37 bits per heavy atom. The fraction of sp³-hybridized carbons (Fsp3) is 0.348. The first kappa shape index (κ1) is 27.9. The first-order valence-corrected chi connectivity index (χ1v) is 13.0. The van der Waals surface area contributed by atoms with E-state index in [1.807, 2.05) is 12.1 Å². The van der Waals surface area contributed by atoms with Crippen LogP contribution >= 0.6 is 57.4 Å². The predicted octanol–water partition coefficient (Wildman–Crippen LogP) is 5.04. The van der Waals surface area contributed by atoms with Gasteiger partial charge >= 0.3 is 6.18 Å². The van der Waals surface area contributed by atoms with Crippen LogP contribution in [0.2, 0.25) is 0 Å². The summed E-state index contributed by atoms with van der Waals surface area (Å²) < 4.78 is 41.9. The lowest BCUT2D eigenvalue weighted by atomic mass is 10.0. The van der Waals surface area contributed by atoms with Crippen molar-refractivity contribution in [2.75, 3.05) is 24.5 Å². The summed E-state index contributed by atoms with van der Waals surface area (Å²) >= 11 is 9.66. The largest absolute Gasteiger partial charge is 0.506 e. The first-order valence-electron chi connectivity index (χ1n) is 10.4. The minimum absolute atomic E-state index is 0.0219. The van der Waals surface area contributed by atoms with Crippen LogP contribution < -0.4 is 10.2 Å². The van der Waals surface area contributed by atoms with Crippen molar-refractivity contribution in [3.8, 4) is 11.8 Å². The number of halogens is 5. The number of carbonyl (C=O) groups excluding carboxylic acids is 1. The fourth-order valence-corrected chi connectivity index (χ4v) is 6.16. The van der Waals surface area contributed by atoms with E-state index in [0.717, 1.165) is 36.2 Å². The molecule has 0 atom stereocenters. The molecule has 0 spiro atoms. The quantitative estimate of drug-likeness (QED) is 0.237. The molecule has 0 radical (unpaired) electrons. The summed E-state index contributed by atoms with van der Waals surface area (Å²) in [5, 5.41) is 22.3. The number of thiocarbonyl (C=S) groups is 1. The highest BCUT2D eigenvalue weighted by molar-refractivity contribution is 14.1. The number of hydrogen-bond donors (Lipinski definition) is 2. The lowest BCUT2D eigenvalue weighted by Crippen LogP contribution is -2.47. The Bertz CT molecular complexity index is 1190. The van der Waals surface area contributed by atoms with E-state index in [0.29, 0.717) is 19.6 Å². The van der Waals surface area contributed by atoms with Gasteiger partial charge in [-0.15, -0.1) is 0 Å². The zero-order valence-electron chi connectivity index (χ0n) is 18.7. The van der Waals surface area contributed by atoms with Gasteiger partial charge in [0.2, 0.25) is 0 Å². The third-order valence-electron chi connectivity index (χ3n) is 5.69. The van der Waals surface area contributed by atoms with Crippen LogP contribution in [0.3, 0.4) is 0 Å². The Labute approximate surface area is 233 Å². The van der Waals surface area contributed by atoms with E-state index >= 15 is 0 Å². The van der Waals surface area contributed by atoms with Gasteiger partial charge in [-0.05, 0) is 120 Å². The summed E-state index contributed by atoms with van der Waals surface area (Å²) in [5.41, 5.74) is -1.62. The number of aromatic hydroxyl groups is 1. The minimum Gasteiger partial charge on any atom is -0.506 e. The van der Waals surface area contributed by atoms with E-state index in [1.54, 1.807) is 18.7 Å². The zero-order valence-corrected chi connectivity index (χ0v) is 23.8. The maximum Gasteiger partial charge on any atom is 0.417 e. The van der Waals surface area contributed by atoms with E-state index in [2.05, 4.69) is 50.5 Å². The third-order valence-corrected chi connectivity index (χ3v) is 7.74. The molecular formula is C23H21F3I2N4O2S. The molecule has 1 fully saturated rings. The number of benzene rings is 2. The molecule has 0 aliphatic carbocycles. The van der Waals surface area contributed by atoms with Crippen LogP contribution in [-0.4, -0.2) is 46.2 Å². The molecule has 6 nitrogen and oxygen atoms in total. The van der Waals surface area contributed by atoms with E-state index < -0.39 is 28.7 Å². The molecule has 3 rings (SSSR count). The van der Waals surface area contributed by atoms with Crippen molar-refractivity contribution >= 4 is 74.1 Å². The molecule has 186 valence electrons. The van der Waals surface area contributed by atoms with Crippen LogP contribution in [0.25, 0.3) is 0 Å². The second-order valence-corrected chi connectivity index (χ2v) is 11.1. The molecule has 0 bridgehead atoms. The summed E-state index contributed by atoms with van der Waals surface area (Å²) in [7, 11) is 0. The molecule has 12 heteroatoms. The summed E-state index contributed by atoms with van der Waals surface area (Å²) in [6.45, 7) is 4.88. The number of nitrogens with zero attached hydrogens (tertiary/aromatic N) is 3. The van der Waals surface area contributed by atoms with Crippen molar-refractivity contribution in [3.63, 3.8) is 0 Å². The number of hydrogen-bond acceptors (Lipinski definition) is 5. The van der Waals surface area contributed by atoms with Crippen LogP contribution in [0, 0.1) is 18.5 Å². The van der Waals surface area contributed by atoms with Gasteiger partial charge in [0, 0.05) is 13.1 Å². The lowest BCUT2D eigenvalue weighted by molar-refractivity contribution is -0.137. The molecule has 2 N–H and O–H groups in total. The van der Waals surface area contributed by atoms with Crippen molar-refractivity contribution in [1.29, 1.82) is 5.26 Å². The molecule has 1 aliphatic heterocycles. The van der Waals surface area contributed by atoms with Crippen LogP contribution in [0.5, 0.6) is 5.75 Å². The molecule has 2 aromatic rings. The molecule has 1 saturated heterocycles. The summed E-state index contributed by atoms with van der Waals surface area (Å²) in [6, 6.07) is 8.52. The average Bonchev–Trinajstić information content (AvgIpc) is 2.95. The number of nitrogens with one attached hydrogen (secondary N) is 1. The minimum atomic E-state index is -4.74. The molecule has 35 heavy (non-hydrogen) atoms. The Hall–Kier alpha value is -1.70. The monoisotopic (exact) mass is 728 g/mol. The van der Waals surface area contributed by atoms with Gasteiger partial charge in [0.25, 0.3) is 5.91 Å². The highest BCUT2D eigenvalue weighted by Gasteiger charge is 2.49. The summed E-state index contributed by atoms with van der Waals surface area (Å²) in [5.74, 6) is -0.167. The fourth-order valence-electron chi connectivity index (χ4n) is 3.75. The van der Waals surface area contributed by atoms with E-state index in [4.69, 9.17) is 17.5 Å². The zero-order chi connectivity index (χ0) is 26.1. The van der Waals surface area contributed by atoms with Gasteiger partial charge < -0.3 is 15.3 Å². The van der Waals surface area contributed by atoms with Gasteiger partial charge in [0.05, 0.1) is 30.0 Å². The van der Waals surface area contributed by atoms with E-state index in [1.165, 1.54) is 12.1 Å². The van der Waals surface area contributed by atoms with Gasteiger partial charge in [0.15, 0.2) is 5.11 Å². The SMILES string of the molecule is CC1(C)C(=O)N(c2ccc(C#N)c(C(F)(F)F)c2)C(=S)N1CCNCCc1cc(I)c(O)c(I)c1. The first-order chi connectivity index (χ1) is 16.3. The number of phenols is 1. The molecule has 0 saturated carbocycles. The number of carbonyl (C=O) groups is 1. The van der Waals surface area contributed by atoms with Crippen molar-refractivity contribution in [2.45, 2.75) is 32.0 Å². The van der Waals surface area contributed by atoms with E-state index in [-0.39, 0.29) is 16.5 Å². The highest BCUT2D eigenvalue weighted by atomic mass is 127. The van der Waals surface area contributed by atoms with Gasteiger partial charge in [-0.25, -0.2) is 0 Å². The number of nitriles is 1. The molecule has 1 aliphatic rings. The molecule has 0 unspecified atom stereocenters. The maximum atomic E-state index is 13.4. The Kier molecular flexibility index (Phi) is 8.55. The molecule has 1 amide bonds. The van der Waals surface area contributed by atoms with Crippen LogP contribution in [0.4, 0.5) is 18.9 Å². The van der Waals surface area contributed by atoms with Gasteiger partial charge in [-0.1, -0.05) is 0 Å². The summed E-state index contributed by atoms with van der Waals surface area (Å²) in [4.78, 5) is 15.9. The van der Waals surface area contributed by atoms with Crippen molar-refractivity contribution < 1.29 is 23.1 Å². The normalized spacial score (nSPS) is 15.6. The topological polar surface area (TPSA) is 79.6 Å². The van der Waals surface area contributed by atoms with Crippen LogP contribution in [-0.2, 0) is 17.4 Å². The number of rotatable bonds is 7. The van der Waals surface area contributed by atoms with E-state index in [9.17, 15) is 23.1 Å². The Balaban J connectivity index is 1.69. The summed E-state index contributed by atoms with van der Waals surface area (Å²) in [6.07, 6.45) is -4.01. The van der Waals surface area contributed by atoms with Crippen molar-refractivity contribution in [1.82, 2.24) is 10.2 Å².